The lowest BCUT2D eigenvalue weighted by molar-refractivity contribution is -0.115. The molecule has 110 valence electrons. The number of carbonyl (C=O) groups is 1. The molecule has 1 aliphatic rings. The third-order valence-electron chi connectivity index (χ3n) is 3.36. The number of benzene rings is 2. The largest absolute Gasteiger partial charge is 0.486 e. The van der Waals surface area contributed by atoms with E-state index in [0.717, 1.165) is 11.1 Å². The maximum atomic E-state index is 11.4. The van der Waals surface area contributed by atoms with E-state index in [2.05, 4.69) is 21.7 Å². The lowest BCUT2D eigenvalue weighted by Crippen LogP contribution is -2.31. The summed E-state index contributed by atoms with van der Waals surface area (Å²) in [6.45, 7) is 0.242. The summed E-state index contributed by atoms with van der Waals surface area (Å²) in [7, 11) is 0. The normalized spacial score (nSPS) is 13.7. The molecule has 1 aromatic heterocycles. The van der Waals surface area contributed by atoms with Crippen molar-refractivity contribution in [3.05, 3.63) is 48.3 Å². The van der Waals surface area contributed by atoms with Gasteiger partial charge in [0.15, 0.2) is 5.82 Å². The monoisotopic (exact) mass is 312 g/mol. The van der Waals surface area contributed by atoms with Crippen molar-refractivity contribution in [3.63, 3.8) is 0 Å². The topological polar surface area (TPSA) is 69.0 Å². The maximum Gasteiger partial charge on any atom is 0.249 e. The molecule has 0 saturated carbocycles. The summed E-state index contributed by atoms with van der Waals surface area (Å²) < 4.78 is 7.36. The van der Waals surface area contributed by atoms with E-state index in [1.807, 2.05) is 36.4 Å². The van der Waals surface area contributed by atoms with Crippen LogP contribution >= 0.6 is 11.8 Å². The maximum absolute atomic E-state index is 11.4. The van der Waals surface area contributed by atoms with Crippen LogP contribution in [0, 0.1) is 0 Å². The van der Waals surface area contributed by atoms with Gasteiger partial charge in [-0.05, 0) is 22.9 Å². The molecule has 0 fully saturated rings. The summed E-state index contributed by atoms with van der Waals surface area (Å²) in [6.07, 6.45) is 0. The Morgan fingerprint density at radius 1 is 1.18 bits per heavy atom. The van der Waals surface area contributed by atoms with Gasteiger partial charge in [-0.15, -0.1) is 10.2 Å². The van der Waals surface area contributed by atoms with Gasteiger partial charge in [0, 0.05) is 0 Å². The summed E-state index contributed by atoms with van der Waals surface area (Å²) in [5.74, 6) is 1.63. The lowest BCUT2D eigenvalue weighted by Gasteiger charge is -2.15. The minimum Gasteiger partial charge on any atom is -0.486 e. The van der Waals surface area contributed by atoms with Crippen molar-refractivity contribution in [1.82, 2.24) is 14.9 Å². The van der Waals surface area contributed by atoms with Gasteiger partial charge in [-0.1, -0.05) is 42.1 Å². The van der Waals surface area contributed by atoms with Gasteiger partial charge < -0.3 is 4.74 Å². The highest BCUT2D eigenvalue weighted by Crippen LogP contribution is 2.23. The predicted molar refractivity (Wildman–Crippen MR) is 83.4 cm³/mol. The number of rotatable bonds is 3. The highest BCUT2D eigenvalue weighted by atomic mass is 32.2. The van der Waals surface area contributed by atoms with Crippen molar-refractivity contribution in [1.29, 1.82) is 0 Å². The second kappa shape index (κ2) is 5.34. The molecule has 1 N–H and O–H groups in total. The number of hydrogen-bond donors (Lipinski definition) is 1. The van der Waals surface area contributed by atoms with Crippen LogP contribution in [0.4, 0.5) is 0 Å². The molecule has 6 nitrogen and oxygen atoms in total. The molecule has 0 spiro atoms. The molecule has 22 heavy (non-hydrogen) atoms. The quantitative estimate of drug-likeness (QED) is 0.803. The highest BCUT2D eigenvalue weighted by molar-refractivity contribution is 7.99. The Bertz CT molecular complexity index is 862. The van der Waals surface area contributed by atoms with E-state index in [4.69, 9.17) is 4.74 Å². The van der Waals surface area contributed by atoms with Crippen LogP contribution in [0.15, 0.2) is 47.6 Å². The van der Waals surface area contributed by atoms with E-state index in [1.54, 1.807) is 4.68 Å². The Kier molecular flexibility index (Phi) is 3.19. The molecule has 4 rings (SSSR count). The number of fused-ring (bicyclic) bond motifs is 2. The van der Waals surface area contributed by atoms with Crippen LogP contribution < -0.4 is 10.2 Å². The van der Waals surface area contributed by atoms with Gasteiger partial charge >= 0.3 is 0 Å². The summed E-state index contributed by atoms with van der Waals surface area (Å²) in [6, 6.07) is 14.0. The number of ether oxygens (including phenoxy) is 1. The zero-order valence-corrected chi connectivity index (χ0v) is 12.3. The number of thioether (sulfide) groups is 1. The van der Waals surface area contributed by atoms with Crippen molar-refractivity contribution in [2.45, 2.75) is 11.8 Å². The molecule has 1 aliphatic heterocycles. The van der Waals surface area contributed by atoms with Crippen molar-refractivity contribution in [2.24, 2.45) is 0 Å². The van der Waals surface area contributed by atoms with E-state index in [0.29, 0.717) is 16.7 Å². The SMILES string of the molecule is O=C1CSc2nnc(COc3ccc4ccccc4c3)n2N1. The lowest BCUT2D eigenvalue weighted by atomic mass is 10.1. The second-order valence-electron chi connectivity index (χ2n) is 4.86. The number of hydrogen-bond acceptors (Lipinski definition) is 5. The minimum absolute atomic E-state index is 0.0655. The third-order valence-corrected chi connectivity index (χ3v) is 4.29. The van der Waals surface area contributed by atoms with E-state index < -0.39 is 0 Å². The van der Waals surface area contributed by atoms with E-state index in [9.17, 15) is 4.79 Å². The van der Waals surface area contributed by atoms with Crippen molar-refractivity contribution in [2.75, 3.05) is 11.2 Å². The van der Waals surface area contributed by atoms with Crippen LogP contribution in [-0.2, 0) is 11.4 Å². The average Bonchev–Trinajstić information content (AvgIpc) is 2.95. The number of carbonyl (C=O) groups excluding carboxylic acids is 1. The van der Waals surface area contributed by atoms with Gasteiger partial charge in [-0.3, -0.25) is 10.2 Å². The van der Waals surface area contributed by atoms with Gasteiger partial charge in [0.1, 0.15) is 12.4 Å². The van der Waals surface area contributed by atoms with Gasteiger partial charge in [-0.25, -0.2) is 4.68 Å². The standard InChI is InChI=1S/C15H12N4O2S/c20-14-9-22-15-17-16-13(19(15)18-14)8-21-12-6-5-10-3-1-2-4-11(10)7-12/h1-7H,8-9H2,(H,18,20). The molecule has 2 aromatic carbocycles. The van der Waals surface area contributed by atoms with Crippen molar-refractivity contribution >= 4 is 28.4 Å². The Labute approximate surface area is 130 Å². The molecule has 2 heterocycles. The number of nitrogens with zero attached hydrogens (tertiary/aromatic N) is 3. The summed E-state index contributed by atoms with van der Waals surface area (Å²) in [4.78, 5) is 11.4. The fourth-order valence-electron chi connectivity index (χ4n) is 2.29. The first-order valence-electron chi connectivity index (χ1n) is 6.78. The fraction of sp³-hybridized carbons (Fsp3) is 0.133. The molecule has 7 heteroatoms. The van der Waals surface area contributed by atoms with Crippen LogP contribution in [0.3, 0.4) is 0 Å². The smallest absolute Gasteiger partial charge is 0.249 e. The van der Waals surface area contributed by atoms with Crippen molar-refractivity contribution < 1.29 is 9.53 Å². The molecular weight excluding hydrogens is 300 g/mol. The first-order chi connectivity index (χ1) is 10.8. The first-order valence-corrected chi connectivity index (χ1v) is 7.77. The summed E-state index contributed by atoms with van der Waals surface area (Å²) >= 11 is 1.36. The minimum atomic E-state index is -0.0655. The zero-order valence-electron chi connectivity index (χ0n) is 11.5. The van der Waals surface area contributed by atoms with E-state index in [1.165, 1.54) is 17.1 Å². The molecule has 0 aliphatic carbocycles. The molecule has 0 radical (unpaired) electrons. The van der Waals surface area contributed by atoms with Gasteiger partial charge in [0.25, 0.3) is 0 Å². The van der Waals surface area contributed by atoms with Gasteiger partial charge in [-0.2, -0.15) is 0 Å². The molecule has 0 unspecified atom stereocenters. The molecular formula is C15H12N4O2S. The molecule has 1 amide bonds. The Hall–Kier alpha value is -2.54. The fourth-order valence-corrected chi connectivity index (χ4v) is 3.00. The van der Waals surface area contributed by atoms with E-state index in [-0.39, 0.29) is 12.5 Å². The number of aromatic nitrogens is 3. The molecule has 0 saturated heterocycles. The summed E-state index contributed by atoms with van der Waals surface area (Å²) in [5.41, 5.74) is 2.73. The predicted octanol–water partition coefficient (Wildman–Crippen LogP) is 2.19. The Balaban J connectivity index is 1.54. The Morgan fingerprint density at radius 2 is 2.05 bits per heavy atom. The first kappa shape index (κ1) is 13.1. The van der Waals surface area contributed by atoms with Gasteiger partial charge in [0.2, 0.25) is 11.1 Å². The molecule has 0 bridgehead atoms. The van der Waals surface area contributed by atoms with Crippen LogP contribution in [0.1, 0.15) is 5.82 Å². The van der Waals surface area contributed by atoms with Gasteiger partial charge in [0.05, 0.1) is 5.75 Å². The van der Waals surface area contributed by atoms with Crippen LogP contribution in [0.2, 0.25) is 0 Å². The molecule has 0 atom stereocenters. The number of nitrogens with one attached hydrogen (secondary N) is 1. The Morgan fingerprint density at radius 3 is 2.95 bits per heavy atom. The van der Waals surface area contributed by atoms with Crippen LogP contribution in [0.25, 0.3) is 10.8 Å². The average molecular weight is 312 g/mol. The highest BCUT2D eigenvalue weighted by Gasteiger charge is 2.21. The van der Waals surface area contributed by atoms with Crippen molar-refractivity contribution in [3.8, 4) is 5.75 Å². The van der Waals surface area contributed by atoms with E-state index >= 15 is 0 Å². The second-order valence-corrected chi connectivity index (χ2v) is 5.80. The third kappa shape index (κ3) is 2.39. The number of amides is 1. The molecule has 3 aromatic rings. The van der Waals surface area contributed by atoms with Crippen LogP contribution in [0.5, 0.6) is 5.75 Å². The zero-order chi connectivity index (χ0) is 14.9. The van der Waals surface area contributed by atoms with Crippen LogP contribution in [-0.4, -0.2) is 26.5 Å². The summed E-state index contributed by atoms with van der Waals surface area (Å²) in [5, 5.41) is 11.1.